The summed E-state index contributed by atoms with van der Waals surface area (Å²) in [5, 5.41) is 0. The van der Waals surface area contributed by atoms with Gasteiger partial charge in [-0.05, 0) is 57.8 Å². The molecule has 0 aliphatic rings. The van der Waals surface area contributed by atoms with E-state index in [4.69, 9.17) is 14.2 Å². The molecule has 0 bridgehead atoms. The number of ether oxygens (including phenoxy) is 3. The lowest BCUT2D eigenvalue weighted by Crippen LogP contribution is -2.30. The molecule has 1 atom stereocenters. The van der Waals surface area contributed by atoms with Gasteiger partial charge in [-0.3, -0.25) is 14.4 Å². The quantitative estimate of drug-likeness (QED) is 0.0262. The number of hydrogen-bond acceptors (Lipinski definition) is 6. The van der Waals surface area contributed by atoms with Crippen molar-refractivity contribution in [1.82, 2.24) is 0 Å². The van der Waals surface area contributed by atoms with Gasteiger partial charge in [0.2, 0.25) is 0 Å². The third-order valence-corrected chi connectivity index (χ3v) is 12.3. The van der Waals surface area contributed by atoms with Crippen LogP contribution in [0.4, 0.5) is 0 Å². The minimum Gasteiger partial charge on any atom is -0.462 e. The Morgan fingerprint density at radius 1 is 0.323 bits per heavy atom. The Labute approximate surface area is 403 Å². The predicted octanol–water partition coefficient (Wildman–Crippen LogP) is 18.7. The average molecular weight is 911 g/mol. The molecule has 0 radical (unpaired) electrons. The van der Waals surface area contributed by atoms with Crippen molar-refractivity contribution in [2.75, 3.05) is 13.2 Å². The molecule has 0 aromatic heterocycles. The van der Waals surface area contributed by atoms with Gasteiger partial charge in [-0.15, -0.1) is 0 Å². The molecule has 6 nitrogen and oxygen atoms in total. The Morgan fingerprint density at radius 3 is 0.938 bits per heavy atom. The lowest BCUT2D eigenvalue weighted by Gasteiger charge is -2.18. The third-order valence-electron chi connectivity index (χ3n) is 12.3. The smallest absolute Gasteiger partial charge is 0.306 e. The van der Waals surface area contributed by atoms with Crippen LogP contribution in [-0.4, -0.2) is 37.2 Å². The monoisotopic (exact) mass is 911 g/mol. The minimum atomic E-state index is -0.781. The summed E-state index contributed by atoms with van der Waals surface area (Å²) in [4.78, 5) is 38.0. The zero-order valence-corrected chi connectivity index (χ0v) is 43.3. The van der Waals surface area contributed by atoms with Gasteiger partial charge < -0.3 is 14.2 Å². The molecule has 65 heavy (non-hydrogen) atoms. The highest BCUT2D eigenvalue weighted by molar-refractivity contribution is 5.71. The predicted molar refractivity (Wildman–Crippen MR) is 279 cm³/mol. The highest BCUT2D eigenvalue weighted by atomic mass is 16.6. The second kappa shape index (κ2) is 54.0. The van der Waals surface area contributed by atoms with E-state index in [1.54, 1.807) is 0 Å². The zero-order valence-electron chi connectivity index (χ0n) is 43.3. The van der Waals surface area contributed by atoms with Gasteiger partial charge in [0.1, 0.15) is 13.2 Å². The van der Waals surface area contributed by atoms with Gasteiger partial charge in [-0.2, -0.15) is 0 Å². The molecule has 0 rings (SSSR count). The summed E-state index contributed by atoms with van der Waals surface area (Å²) in [6, 6.07) is 0. The molecule has 0 aliphatic carbocycles. The molecule has 0 fully saturated rings. The van der Waals surface area contributed by atoms with Crippen molar-refractivity contribution in [3.8, 4) is 0 Å². The second-order valence-electron chi connectivity index (χ2n) is 18.8. The van der Waals surface area contributed by atoms with E-state index in [0.29, 0.717) is 19.3 Å². The Hall–Kier alpha value is -2.63. The Bertz CT molecular complexity index is 1140. The largest absolute Gasteiger partial charge is 0.462 e. The van der Waals surface area contributed by atoms with Crippen LogP contribution in [0.2, 0.25) is 0 Å². The van der Waals surface area contributed by atoms with Gasteiger partial charge in [-0.25, -0.2) is 0 Å². The number of esters is 3. The maximum Gasteiger partial charge on any atom is 0.306 e. The van der Waals surface area contributed by atoms with Crippen molar-refractivity contribution in [3.63, 3.8) is 0 Å². The normalized spacial score (nSPS) is 12.4. The lowest BCUT2D eigenvalue weighted by atomic mass is 10.0. The molecule has 0 saturated carbocycles. The van der Waals surface area contributed by atoms with E-state index < -0.39 is 6.10 Å². The van der Waals surface area contributed by atoms with Gasteiger partial charge in [0.25, 0.3) is 0 Å². The summed E-state index contributed by atoms with van der Waals surface area (Å²) in [5.41, 5.74) is 0. The molecular formula is C59H106O6. The van der Waals surface area contributed by atoms with Crippen LogP contribution in [0.3, 0.4) is 0 Å². The van der Waals surface area contributed by atoms with Crippen LogP contribution >= 0.6 is 0 Å². The molecule has 0 amide bonds. The number of hydrogen-bond donors (Lipinski definition) is 0. The maximum atomic E-state index is 12.8. The highest BCUT2D eigenvalue weighted by Gasteiger charge is 2.19. The molecule has 0 heterocycles. The fourth-order valence-electron chi connectivity index (χ4n) is 8.14. The molecule has 0 aromatic rings. The number of allylic oxidation sites excluding steroid dienone is 8. The fourth-order valence-corrected chi connectivity index (χ4v) is 8.14. The molecule has 1 unspecified atom stereocenters. The van der Waals surface area contributed by atoms with Crippen LogP contribution in [0.5, 0.6) is 0 Å². The van der Waals surface area contributed by atoms with Crippen LogP contribution in [0, 0.1) is 0 Å². The molecule has 0 N–H and O–H groups in total. The van der Waals surface area contributed by atoms with Crippen LogP contribution in [-0.2, 0) is 28.6 Å². The van der Waals surface area contributed by atoms with E-state index in [1.807, 2.05) is 0 Å². The van der Waals surface area contributed by atoms with Crippen molar-refractivity contribution in [2.24, 2.45) is 0 Å². The topological polar surface area (TPSA) is 78.9 Å². The van der Waals surface area contributed by atoms with Crippen molar-refractivity contribution in [2.45, 2.75) is 297 Å². The Balaban J connectivity index is 4.30. The van der Waals surface area contributed by atoms with Crippen molar-refractivity contribution >= 4 is 17.9 Å². The standard InChI is InChI=1S/C59H106O6/c1-4-7-10-13-16-19-22-24-26-28-29-30-32-33-35-37-40-43-46-49-52-58(61)64-55-56(54-63-57(60)51-48-45-42-39-21-18-15-12-9-6-3)65-59(62)53-50-47-44-41-38-36-34-31-27-25-23-20-17-14-11-8-5-2/h8,11,17,20,25,27,34,36,56H,4-7,9-10,12-16,18-19,21-24,26,28-33,35,37-55H2,1-3H3/b11-8-,20-17-,27-25-,36-34-. The summed E-state index contributed by atoms with van der Waals surface area (Å²) < 4.78 is 16.8. The molecule has 0 spiro atoms. The van der Waals surface area contributed by atoms with Gasteiger partial charge in [0, 0.05) is 19.3 Å². The van der Waals surface area contributed by atoms with E-state index in [0.717, 1.165) is 96.3 Å². The number of rotatable bonds is 51. The first kappa shape index (κ1) is 62.4. The lowest BCUT2D eigenvalue weighted by molar-refractivity contribution is -0.167. The summed E-state index contributed by atoms with van der Waals surface area (Å²) in [7, 11) is 0. The Morgan fingerprint density at radius 2 is 0.600 bits per heavy atom. The first-order valence-electron chi connectivity index (χ1n) is 28.1. The summed E-state index contributed by atoms with van der Waals surface area (Å²) in [6.45, 7) is 6.53. The van der Waals surface area contributed by atoms with E-state index in [9.17, 15) is 14.4 Å². The number of carbonyl (C=O) groups excluding carboxylic acids is 3. The SMILES string of the molecule is CC/C=C\C/C=C\C/C=C\C/C=C\CCCCCCC(=O)OC(COC(=O)CCCCCCCCCCCC)COC(=O)CCCCCCCCCCCCCCCCCCCCCC. The molecule has 6 heteroatoms. The molecule has 0 aromatic carbocycles. The molecule has 378 valence electrons. The van der Waals surface area contributed by atoms with Crippen molar-refractivity contribution in [3.05, 3.63) is 48.6 Å². The second-order valence-corrected chi connectivity index (χ2v) is 18.8. The van der Waals surface area contributed by atoms with E-state index in [1.165, 1.54) is 154 Å². The van der Waals surface area contributed by atoms with Crippen molar-refractivity contribution in [1.29, 1.82) is 0 Å². The van der Waals surface area contributed by atoms with Crippen LogP contribution in [0.1, 0.15) is 290 Å². The first-order valence-corrected chi connectivity index (χ1v) is 28.1. The summed E-state index contributed by atoms with van der Waals surface area (Å²) >= 11 is 0. The van der Waals surface area contributed by atoms with Gasteiger partial charge in [-0.1, -0.05) is 262 Å². The fraction of sp³-hybridized carbons (Fsp3) is 0.814. The van der Waals surface area contributed by atoms with Gasteiger partial charge in [0.05, 0.1) is 0 Å². The van der Waals surface area contributed by atoms with E-state index in [-0.39, 0.29) is 31.1 Å². The highest BCUT2D eigenvalue weighted by Crippen LogP contribution is 2.17. The van der Waals surface area contributed by atoms with E-state index in [2.05, 4.69) is 69.4 Å². The maximum absolute atomic E-state index is 12.8. The van der Waals surface area contributed by atoms with Crippen LogP contribution in [0.25, 0.3) is 0 Å². The molecule has 0 saturated heterocycles. The van der Waals surface area contributed by atoms with Crippen LogP contribution < -0.4 is 0 Å². The van der Waals surface area contributed by atoms with Gasteiger partial charge in [0.15, 0.2) is 6.10 Å². The molecular weight excluding hydrogens is 805 g/mol. The van der Waals surface area contributed by atoms with Crippen LogP contribution in [0.15, 0.2) is 48.6 Å². The summed E-state index contributed by atoms with van der Waals surface area (Å²) in [6.07, 6.45) is 65.4. The Kier molecular flexibility index (Phi) is 51.8. The minimum absolute atomic E-state index is 0.0792. The van der Waals surface area contributed by atoms with E-state index >= 15 is 0 Å². The van der Waals surface area contributed by atoms with Crippen molar-refractivity contribution < 1.29 is 28.6 Å². The average Bonchev–Trinajstić information content (AvgIpc) is 3.30. The third kappa shape index (κ3) is 52.2. The van der Waals surface area contributed by atoms with Gasteiger partial charge >= 0.3 is 17.9 Å². The number of unbranched alkanes of at least 4 members (excludes halogenated alkanes) is 32. The summed E-state index contributed by atoms with van der Waals surface area (Å²) in [5.74, 6) is -0.891. The molecule has 0 aliphatic heterocycles. The number of carbonyl (C=O) groups is 3. The zero-order chi connectivity index (χ0) is 47.2. The first-order chi connectivity index (χ1) is 32.0.